The Balaban J connectivity index is 2.46. The molecule has 1 rings (SSSR count). The van der Waals surface area contributed by atoms with Crippen LogP contribution >= 0.6 is 0 Å². The third-order valence-electron chi connectivity index (χ3n) is 2.56. The maximum Gasteiger partial charge on any atom is 0.321 e. The lowest BCUT2D eigenvalue weighted by atomic mass is 10.1. The van der Waals surface area contributed by atoms with Gasteiger partial charge in [0.1, 0.15) is 0 Å². The molecule has 0 bridgehead atoms. The van der Waals surface area contributed by atoms with Crippen molar-refractivity contribution in [2.24, 2.45) is 11.7 Å². The number of nitrogens with two attached hydrogens (primary N) is 1. The molecule has 4 heteroatoms. The second-order valence-corrected chi connectivity index (χ2v) is 3.62. The lowest BCUT2D eigenvalue weighted by molar-refractivity contribution is -0.126. The molecular weight excluding hydrogens is 168 g/mol. The number of carbonyl (C=O) groups excluding carboxylic acids is 2. The van der Waals surface area contributed by atoms with E-state index in [1.54, 1.807) is 0 Å². The first kappa shape index (κ1) is 10.0. The van der Waals surface area contributed by atoms with Crippen molar-refractivity contribution in [2.75, 3.05) is 6.54 Å². The summed E-state index contributed by atoms with van der Waals surface area (Å²) in [7, 11) is 0. The first-order valence-corrected chi connectivity index (χ1v) is 4.69. The Morgan fingerprint density at radius 2 is 1.92 bits per heavy atom. The summed E-state index contributed by atoms with van der Waals surface area (Å²) >= 11 is 0. The van der Waals surface area contributed by atoms with Crippen LogP contribution in [0.2, 0.25) is 0 Å². The highest BCUT2D eigenvalue weighted by molar-refractivity contribution is 5.92. The van der Waals surface area contributed by atoms with Crippen LogP contribution in [0.25, 0.3) is 0 Å². The molecule has 1 fully saturated rings. The van der Waals surface area contributed by atoms with Gasteiger partial charge in [0, 0.05) is 13.5 Å². The van der Waals surface area contributed by atoms with E-state index < -0.39 is 6.03 Å². The quantitative estimate of drug-likeness (QED) is 0.698. The zero-order valence-corrected chi connectivity index (χ0v) is 7.95. The molecule has 0 radical (unpaired) electrons. The van der Waals surface area contributed by atoms with Crippen LogP contribution in [0.5, 0.6) is 0 Å². The van der Waals surface area contributed by atoms with E-state index in [9.17, 15) is 9.59 Å². The van der Waals surface area contributed by atoms with Gasteiger partial charge in [-0.25, -0.2) is 4.79 Å². The van der Waals surface area contributed by atoms with Gasteiger partial charge in [-0.05, 0) is 18.8 Å². The van der Waals surface area contributed by atoms with Crippen LogP contribution < -0.4 is 5.73 Å². The summed E-state index contributed by atoms with van der Waals surface area (Å²) < 4.78 is 0. The molecular formula is C9H16N2O2. The van der Waals surface area contributed by atoms with Crippen molar-refractivity contribution in [3.05, 3.63) is 0 Å². The SMILES string of the molecule is CC(=O)N(CC1CCCC1)C(N)=O. The molecule has 4 nitrogen and oxygen atoms in total. The molecule has 0 spiro atoms. The van der Waals surface area contributed by atoms with Crippen LogP contribution in [0, 0.1) is 5.92 Å². The lowest BCUT2D eigenvalue weighted by Crippen LogP contribution is -2.41. The highest BCUT2D eigenvalue weighted by Gasteiger charge is 2.22. The van der Waals surface area contributed by atoms with E-state index in [4.69, 9.17) is 5.73 Å². The molecule has 0 aliphatic heterocycles. The van der Waals surface area contributed by atoms with E-state index in [0.717, 1.165) is 17.7 Å². The highest BCUT2D eigenvalue weighted by atomic mass is 16.2. The first-order valence-electron chi connectivity index (χ1n) is 4.69. The normalized spacial score (nSPS) is 17.3. The molecule has 3 amide bonds. The summed E-state index contributed by atoms with van der Waals surface area (Å²) in [6, 6.07) is -0.626. The Labute approximate surface area is 78.1 Å². The average Bonchev–Trinajstić information content (AvgIpc) is 2.50. The Kier molecular flexibility index (Phi) is 3.28. The Morgan fingerprint density at radius 3 is 2.31 bits per heavy atom. The number of hydrogen-bond acceptors (Lipinski definition) is 2. The zero-order chi connectivity index (χ0) is 9.84. The van der Waals surface area contributed by atoms with E-state index in [1.807, 2.05) is 0 Å². The molecule has 2 N–H and O–H groups in total. The van der Waals surface area contributed by atoms with Crippen LogP contribution in [0.3, 0.4) is 0 Å². The molecule has 0 aromatic heterocycles. The van der Waals surface area contributed by atoms with Crippen molar-refractivity contribution in [1.29, 1.82) is 0 Å². The summed E-state index contributed by atoms with van der Waals surface area (Å²) in [6.45, 7) is 1.88. The Morgan fingerprint density at radius 1 is 1.38 bits per heavy atom. The van der Waals surface area contributed by atoms with Crippen molar-refractivity contribution in [1.82, 2.24) is 4.90 Å². The third-order valence-corrected chi connectivity index (χ3v) is 2.56. The molecule has 1 aliphatic rings. The van der Waals surface area contributed by atoms with Gasteiger partial charge in [0.15, 0.2) is 0 Å². The second-order valence-electron chi connectivity index (χ2n) is 3.62. The van der Waals surface area contributed by atoms with Crippen LogP contribution in [0.15, 0.2) is 0 Å². The van der Waals surface area contributed by atoms with Gasteiger partial charge in [0.25, 0.3) is 0 Å². The van der Waals surface area contributed by atoms with Crippen LogP contribution in [0.1, 0.15) is 32.6 Å². The van der Waals surface area contributed by atoms with E-state index >= 15 is 0 Å². The number of hydrogen-bond donors (Lipinski definition) is 1. The average molecular weight is 184 g/mol. The number of urea groups is 1. The third kappa shape index (κ3) is 2.72. The van der Waals surface area contributed by atoms with E-state index in [1.165, 1.54) is 19.8 Å². The minimum Gasteiger partial charge on any atom is -0.351 e. The fourth-order valence-electron chi connectivity index (χ4n) is 1.82. The molecule has 0 aromatic carbocycles. The van der Waals surface area contributed by atoms with Gasteiger partial charge in [-0.1, -0.05) is 12.8 Å². The maximum absolute atomic E-state index is 11.0. The fraction of sp³-hybridized carbons (Fsp3) is 0.778. The number of carbonyl (C=O) groups is 2. The van der Waals surface area contributed by atoms with Gasteiger partial charge in [-0.3, -0.25) is 9.69 Å². The van der Waals surface area contributed by atoms with Crippen molar-refractivity contribution >= 4 is 11.9 Å². The van der Waals surface area contributed by atoms with Crippen LogP contribution in [-0.4, -0.2) is 23.4 Å². The minimum absolute atomic E-state index is 0.251. The van der Waals surface area contributed by atoms with E-state index in [0.29, 0.717) is 12.5 Å². The number of amides is 3. The summed E-state index contributed by atoms with van der Waals surface area (Å²) in [4.78, 5) is 23.0. The molecule has 1 saturated carbocycles. The van der Waals surface area contributed by atoms with Crippen molar-refractivity contribution in [2.45, 2.75) is 32.6 Å². The summed E-state index contributed by atoms with van der Waals surface area (Å²) in [5.41, 5.74) is 5.08. The molecule has 0 heterocycles. The number of primary amides is 1. The number of nitrogens with zero attached hydrogens (tertiary/aromatic N) is 1. The van der Waals surface area contributed by atoms with Gasteiger partial charge in [-0.2, -0.15) is 0 Å². The van der Waals surface area contributed by atoms with Gasteiger partial charge >= 0.3 is 6.03 Å². The van der Waals surface area contributed by atoms with Crippen molar-refractivity contribution in [3.63, 3.8) is 0 Å². The fourth-order valence-corrected chi connectivity index (χ4v) is 1.82. The molecule has 0 saturated heterocycles. The second kappa shape index (κ2) is 4.25. The standard InChI is InChI=1S/C9H16N2O2/c1-7(12)11(9(10)13)6-8-4-2-3-5-8/h8H,2-6H2,1H3,(H2,10,13). The first-order chi connectivity index (χ1) is 6.11. The Bertz CT molecular complexity index is 196. The van der Waals surface area contributed by atoms with Crippen molar-refractivity contribution < 1.29 is 9.59 Å². The molecule has 0 atom stereocenters. The lowest BCUT2D eigenvalue weighted by Gasteiger charge is -2.20. The largest absolute Gasteiger partial charge is 0.351 e. The van der Waals surface area contributed by atoms with Gasteiger partial charge < -0.3 is 5.73 Å². The molecule has 0 unspecified atom stereocenters. The Hall–Kier alpha value is -1.06. The highest BCUT2D eigenvalue weighted by Crippen LogP contribution is 2.25. The van der Waals surface area contributed by atoms with Gasteiger partial charge in [-0.15, -0.1) is 0 Å². The predicted octanol–water partition coefficient (Wildman–Crippen LogP) is 1.10. The van der Waals surface area contributed by atoms with Crippen molar-refractivity contribution in [3.8, 4) is 0 Å². The number of rotatable bonds is 2. The summed E-state index contributed by atoms with van der Waals surface area (Å²) in [5.74, 6) is 0.218. The topological polar surface area (TPSA) is 63.4 Å². The number of imide groups is 1. The van der Waals surface area contributed by atoms with Gasteiger partial charge in [0.2, 0.25) is 5.91 Å². The minimum atomic E-state index is -0.626. The maximum atomic E-state index is 11.0. The predicted molar refractivity (Wildman–Crippen MR) is 48.9 cm³/mol. The molecule has 13 heavy (non-hydrogen) atoms. The summed E-state index contributed by atoms with van der Waals surface area (Å²) in [6.07, 6.45) is 4.62. The summed E-state index contributed by atoms with van der Waals surface area (Å²) in [5, 5.41) is 0. The van der Waals surface area contributed by atoms with Gasteiger partial charge in [0.05, 0.1) is 0 Å². The zero-order valence-electron chi connectivity index (χ0n) is 7.95. The molecule has 74 valence electrons. The smallest absolute Gasteiger partial charge is 0.321 e. The van der Waals surface area contributed by atoms with E-state index in [2.05, 4.69) is 0 Å². The van der Waals surface area contributed by atoms with Crippen LogP contribution in [0.4, 0.5) is 4.79 Å². The van der Waals surface area contributed by atoms with Crippen LogP contribution in [-0.2, 0) is 4.79 Å². The molecule has 0 aromatic rings. The molecule has 1 aliphatic carbocycles. The monoisotopic (exact) mass is 184 g/mol. The van der Waals surface area contributed by atoms with E-state index in [-0.39, 0.29) is 5.91 Å².